The van der Waals surface area contributed by atoms with E-state index in [-0.39, 0.29) is 0 Å². The molecule has 0 bridgehead atoms. The second kappa shape index (κ2) is 12.7. The Labute approximate surface area is 153 Å². The standard InChI is InChI=1S/C20H36N4O/c1-6-24(5)16-19-9-7-8-18(14-19)15-23-20(21-4)22-11-13-25-12-10-17(2)3/h7-9,14,17H,6,10-13,15-16H2,1-5H3,(H2,21,22,23). The van der Waals surface area contributed by atoms with E-state index >= 15 is 0 Å². The van der Waals surface area contributed by atoms with Crippen molar-refractivity contribution in [2.75, 3.05) is 40.4 Å². The van der Waals surface area contributed by atoms with E-state index in [4.69, 9.17) is 4.74 Å². The Balaban J connectivity index is 2.31. The number of aliphatic imine (C=N–C) groups is 1. The molecule has 0 spiro atoms. The molecule has 1 rings (SSSR count). The number of benzene rings is 1. The van der Waals surface area contributed by atoms with Gasteiger partial charge in [-0.05, 0) is 37.1 Å². The summed E-state index contributed by atoms with van der Waals surface area (Å²) < 4.78 is 5.62. The second-order valence-electron chi connectivity index (χ2n) is 6.80. The summed E-state index contributed by atoms with van der Waals surface area (Å²) in [6.45, 7) is 11.7. The second-order valence-corrected chi connectivity index (χ2v) is 6.80. The highest BCUT2D eigenvalue weighted by Gasteiger charge is 2.02. The van der Waals surface area contributed by atoms with Gasteiger partial charge in [0, 0.05) is 33.3 Å². The van der Waals surface area contributed by atoms with Crippen LogP contribution in [0.3, 0.4) is 0 Å². The van der Waals surface area contributed by atoms with Crippen LogP contribution in [0, 0.1) is 5.92 Å². The van der Waals surface area contributed by atoms with E-state index in [1.807, 2.05) is 0 Å². The van der Waals surface area contributed by atoms with Gasteiger partial charge in [-0.25, -0.2) is 0 Å². The predicted octanol–water partition coefficient (Wildman–Crippen LogP) is 2.87. The number of rotatable bonds is 11. The molecule has 0 fully saturated rings. The fraction of sp³-hybridized carbons (Fsp3) is 0.650. The summed E-state index contributed by atoms with van der Waals surface area (Å²) in [5, 5.41) is 6.65. The Morgan fingerprint density at radius 3 is 2.64 bits per heavy atom. The predicted molar refractivity (Wildman–Crippen MR) is 107 cm³/mol. The van der Waals surface area contributed by atoms with Crippen LogP contribution >= 0.6 is 0 Å². The van der Waals surface area contributed by atoms with Gasteiger partial charge in [0.2, 0.25) is 0 Å². The van der Waals surface area contributed by atoms with E-state index in [2.05, 4.69) is 72.6 Å². The molecule has 0 heterocycles. The van der Waals surface area contributed by atoms with Gasteiger partial charge >= 0.3 is 0 Å². The number of nitrogens with zero attached hydrogens (tertiary/aromatic N) is 2. The number of guanidine groups is 1. The minimum atomic E-state index is 0.690. The molecule has 0 aliphatic heterocycles. The van der Waals surface area contributed by atoms with E-state index in [1.165, 1.54) is 11.1 Å². The van der Waals surface area contributed by atoms with Crippen LogP contribution < -0.4 is 10.6 Å². The van der Waals surface area contributed by atoms with Gasteiger partial charge in [0.05, 0.1) is 6.61 Å². The zero-order valence-electron chi connectivity index (χ0n) is 16.6. The van der Waals surface area contributed by atoms with Crippen LogP contribution in [-0.2, 0) is 17.8 Å². The average molecular weight is 349 g/mol. The first-order valence-electron chi connectivity index (χ1n) is 9.33. The fourth-order valence-electron chi connectivity index (χ4n) is 2.33. The van der Waals surface area contributed by atoms with Gasteiger partial charge in [-0.2, -0.15) is 0 Å². The number of ether oxygens (including phenoxy) is 1. The maximum Gasteiger partial charge on any atom is 0.191 e. The average Bonchev–Trinajstić information content (AvgIpc) is 2.60. The van der Waals surface area contributed by atoms with E-state index in [0.29, 0.717) is 12.5 Å². The molecule has 0 unspecified atom stereocenters. The molecule has 2 N–H and O–H groups in total. The Hall–Kier alpha value is -1.59. The molecule has 0 saturated carbocycles. The van der Waals surface area contributed by atoms with Gasteiger partial charge < -0.3 is 20.3 Å². The van der Waals surface area contributed by atoms with Crippen molar-refractivity contribution in [2.24, 2.45) is 10.9 Å². The highest BCUT2D eigenvalue weighted by molar-refractivity contribution is 5.79. The normalized spacial score (nSPS) is 12.0. The summed E-state index contributed by atoms with van der Waals surface area (Å²) in [5.74, 6) is 1.50. The fourth-order valence-corrected chi connectivity index (χ4v) is 2.33. The maximum absolute atomic E-state index is 5.62. The van der Waals surface area contributed by atoms with E-state index in [1.54, 1.807) is 7.05 Å². The minimum Gasteiger partial charge on any atom is -0.380 e. The third-order valence-corrected chi connectivity index (χ3v) is 4.05. The Morgan fingerprint density at radius 2 is 1.96 bits per heavy atom. The van der Waals surface area contributed by atoms with E-state index in [0.717, 1.165) is 45.2 Å². The molecule has 0 amide bonds. The molecule has 1 aromatic carbocycles. The summed E-state index contributed by atoms with van der Waals surface area (Å²) in [6.07, 6.45) is 1.11. The number of hydrogen-bond acceptors (Lipinski definition) is 3. The third kappa shape index (κ3) is 10.1. The Morgan fingerprint density at radius 1 is 1.20 bits per heavy atom. The van der Waals surface area contributed by atoms with Crippen LogP contribution in [0.5, 0.6) is 0 Å². The molecule has 1 aromatic rings. The molecule has 0 saturated heterocycles. The highest BCUT2D eigenvalue weighted by atomic mass is 16.5. The molecule has 0 aliphatic rings. The van der Waals surface area contributed by atoms with Crippen molar-refractivity contribution in [3.05, 3.63) is 35.4 Å². The van der Waals surface area contributed by atoms with Gasteiger partial charge in [-0.15, -0.1) is 0 Å². The molecular weight excluding hydrogens is 312 g/mol. The van der Waals surface area contributed by atoms with Crippen molar-refractivity contribution in [2.45, 2.75) is 40.3 Å². The number of hydrogen-bond donors (Lipinski definition) is 2. The Kier molecular flexibility index (Phi) is 10.9. The molecule has 0 radical (unpaired) electrons. The lowest BCUT2D eigenvalue weighted by Gasteiger charge is -2.15. The van der Waals surface area contributed by atoms with Crippen LogP contribution in [0.4, 0.5) is 0 Å². The molecule has 142 valence electrons. The van der Waals surface area contributed by atoms with E-state index < -0.39 is 0 Å². The SMILES string of the molecule is CCN(C)Cc1cccc(CNC(=NC)NCCOCCC(C)C)c1. The van der Waals surface area contributed by atoms with Crippen LogP contribution in [0.2, 0.25) is 0 Å². The smallest absolute Gasteiger partial charge is 0.191 e. The molecule has 5 nitrogen and oxygen atoms in total. The largest absolute Gasteiger partial charge is 0.380 e. The molecule has 0 aromatic heterocycles. The van der Waals surface area contributed by atoms with Crippen LogP contribution in [-0.4, -0.2) is 51.3 Å². The molecular formula is C20H36N4O. The lowest BCUT2D eigenvalue weighted by molar-refractivity contribution is 0.128. The maximum atomic E-state index is 5.62. The summed E-state index contributed by atoms with van der Waals surface area (Å²) in [7, 11) is 3.93. The highest BCUT2D eigenvalue weighted by Crippen LogP contribution is 2.07. The summed E-state index contributed by atoms with van der Waals surface area (Å²) in [5.41, 5.74) is 2.60. The first-order valence-corrected chi connectivity index (χ1v) is 9.33. The van der Waals surface area contributed by atoms with Crippen LogP contribution in [0.15, 0.2) is 29.3 Å². The zero-order chi connectivity index (χ0) is 18.5. The van der Waals surface area contributed by atoms with Crippen LogP contribution in [0.25, 0.3) is 0 Å². The summed E-state index contributed by atoms with van der Waals surface area (Å²) >= 11 is 0. The van der Waals surface area contributed by atoms with Crippen molar-refractivity contribution < 1.29 is 4.74 Å². The lowest BCUT2D eigenvalue weighted by Crippen LogP contribution is -2.38. The van der Waals surface area contributed by atoms with Gasteiger partial charge in [0.15, 0.2) is 5.96 Å². The van der Waals surface area contributed by atoms with Crippen molar-refractivity contribution in [1.82, 2.24) is 15.5 Å². The van der Waals surface area contributed by atoms with Crippen LogP contribution in [0.1, 0.15) is 38.3 Å². The quantitative estimate of drug-likeness (QED) is 0.367. The van der Waals surface area contributed by atoms with E-state index in [9.17, 15) is 0 Å². The first kappa shape index (κ1) is 21.5. The topological polar surface area (TPSA) is 48.9 Å². The zero-order valence-corrected chi connectivity index (χ0v) is 16.6. The van der Waals surface area contributed by atoms with Gasteiger partial charge in [0.1, 0.15) is 0 Å². The summed E-state index contributed by atoms with van der Waals surface area (Å²) in [6, 6.07) is 8.69. The number of nitrogens with one attached hydrogen (secondary N) is 2. The van der Waals surface area contributed by atoms with Crippen molar-refractivity contribution in [3.8, 4) is 0 Å². The van der Waals surface area contributed by atoms with Crippen molar-refractivity contribution in [3.63, 3.8) is 0 Å². The van der Waals surface area contributed by atoms with Gasteiger partial charge in [-0.1, -0.05) is 45.0 Å². The molecule has 25 heavy (non-hydrogen) atoms. The van der Waals surface area contributed by atoms with Gasteiger partial charge in [0.25, 0.3) is 0 Å². The minimum absolute atomic E-state index is 0.690. The first-order chi connectivity index (χ1) is 12.0. The Bertz CT molecular complexity index is 502. The van der Waals surface area contributed by atoms with Crippen molar-refractivity contribution >= 4 is 5.96 Å². The molecule has 5 heteroatoms. The summed E-state index contributed by atoms with van der Waals surface area (Å²) in [4.78, 5) is 6.56. The van der Waals surface area contributed by atoms with Gasteiger partial charge in [-0.3, -0.25) is 4.99 Å². The molecule has 0 atom stereocenters. The molecule has 0 aliphatic carbocycles. The van der Waals surface area contributed by atoms with Crippen molar-refractivity contribution in [1.29, 1.82) is 0 Å². The third-order valence-electron chi connectivity index (χ3n) is 4.05. The monoisotopic (exact) mass is 348 g/mol. The lowest BCUT2D eigenvalue weighted by atomic mass is 10.1.